The van der Waals surface area contributed by atoms with Gasteiger partial charge in [0.1, 0.15) is 0 Å². The molecule has 0 bridgehead atoms. The fraction of sp³-hybridized carbons (Fsp3) is 0.933. The van der Waals surface area contributed by atoms with E-state index in [0.29, 0.717) is 0 Å². The Balaban J connectivity index is 1.28. The highest BCUT2D eigenvalue weighted by Crippen LogP contribution is 2.41. The van der Waals surface area contributed by atoms with Crippen molar-refractivity contribution in [3.8, 4) is 0 Å². The number of nitrogens with zero attached hydrogens (tertiary/aromatic N) is 2. The third kappa shape index (κ3) is 3.88. The normalized spacial score (nSPS) is 32.4. The average Bonchev–Trinajstić information content (AvgIpc) is 3.17. The molecular weight excluding hydrogens is 254 g/mol. The minimum atomic E-state index is 0.796. The van der Waals surface area contributed by atoms with Crippen molar-refractivity contribution in [1.82, 2.24) is 10.2 Å². The first-order chi connectivity index (χ1) is 9.33. The molecule has 4 heteroatoms. The van der Waals surface area contributed by atoms with Crippen molar-refractivity contribution in [2.45, 2.75) is 56.7 Å². The number of hydrogen-bond donors (Lipinski definition) is 1. The molecule has 2 atom stereocenters. The average molecular weight is 281 g/mol. The summed E-state index contributed by atoms with van der Waals surface area (Å²) < 4.78 is 0. The monoisotopic (exact) mass is 281 g/mol. The van der Waals surface area contributed by atoms with Crippen LogP contribution in [0, 0.1) is 5.92 Å². The number of rotatable bonds is 5. The first-order valence-corrected chi connectivity index (χ1v) is 8.90. The Bertz CT molecular complexity index is 327. The van der Waals surface area contributed by atoms with Crippen LogP contribution in [-0.2, 0) is 0 Å². The van der Waals surface area contributed by atoms with Gasteiger partial charge in [-0.2, -0.15) is 0 Å². The Morgan fingerprint density at radius 3 is 3.00 bits per heavy atom. The summed E-state index contributed by atoms with van der Waals surface area (Å²) in [6, 6.07) is 0.797. The van der Waals surface area contributed by atoms with Crippen LogP contribution in [0.3, 0.4) is 0 Å². The first-order valence-electron chi connectivity index (χ1n) is 8.02. The molecule has 0 spiro atoms. The number of thioether (sulfide) groups is 1. The molecule has 0 radical (unpaired) electrons. The fourth-order valence-corrected chi connectivity index (χ4v) is 4.40. The van der Waals surface area contributed by atoms with Crippen molar-refractivity contribution in [2.24, 2.45) is 10.9 Å². The topological polar surface area (TPSA) is 27.6 Å². The third-order valence-corrected chi connectivity index (χ3v) is 6.00. The Morgan fingerprint density at radius 1 is 1.32 bits per heavy atom. The molecule has 0 aromatic rings. The van der Waals surface area contributed by atoms with Gasteiger partial charge in [0.25, 0.3) is 0 Å². The van der Waals surface area contributed by atoms with Gasteiger partial charge in [0, 0.05) is 24.4 Å². The summed E-state index contributed by atoms with van der Waals surface area (Å²) in [5.74, 6) is 0.974. The van der Waals surface area contributed by atoms with Gasteiger partial charge >= 0.3 is 0 Å². The van der Waals surface area contributed by atoms with Crippen LogP contribution in [0.2, 0.25) is 0 Å². The zero-order valence-corrected chi connectivity index (χ0v) is 12.9. The molecule has 0 aromatic carbocycles. The number of amidine groups is 1. The summed E-state index contributed by atoms with van der Waals surface area (Å²) in [5.41, 5.74) is 0. The van der Waals surface area contributed by atoms with E-state index in [-0.39, 0.29) is 0 Å². The standard InChI is InChI=1S/C15H27N3S/c1-12-5-2-3-9-18(12)10-4-8-16-15-17-11-14(19-15)13-6-7-13/h12-14H,2-11H2,1H3,(H,16,17). The maximum atomic E-state index is 4.63. The van der Waals surface area contributed by atoms with E-state index in [9.17, 15) is 0 Å². The lowest BCUT2D eigenvalue weighted by molar-refractivity contribution is 0.159. The van der Waals surface area contributed by atoms with Crippen LogP contribution in [0.4, 0.5) is 0 Å². The summed E-state index contributed by atoms with van der Waals surface area (Å²) in [7, 11) is 0. The van der Waals surface area contributed by atoms with Gasteiger partial charge in [-0.15, -0.1) is 0 Å². The van der Waals surface area contributed by atoms with Crippen molar-refractivity contribution in [3.63, 3.8) is 0 Å². The molecule has 19 heavy (non-hydrogen) atoms. The Labute approximate surface area is 121 Å². The first kappa shape index (κ1) is 13.7. The van der Waals surface area contributed by atoms with Gasteiger partial charge in [0.15, 0.2) is 5.17 Å². The second-order valence-electron chi connectivity index (χ2n) is 6.30. The predicted octanol–water partition coefficient (Wildman–Crippen LogP) is 2.72. The number of piperidine rings is 1. The molecule has 1 aliphatic carbocycles. The minimum Gasteiger partial charge on any atom is -0.365 e. The molecule has 0 amide bonds. The number of likely N-dealkylation sites (tertiary alicyclic amines) is 1. The van der Waals surface area contributed by atoms with Gasteiger partial charge in [-0.05, 0) is 51.5 Å². The highest BCUT2D eigenvalue weighted by atomic mass is 32.2. The molecule has 2 unspecified atom stereocenters. The molecule has 2 aliphatic heterocycles. The third-order valence-electron chi connectivity index (χ3n) is 4.66. The lowest BCUT2D eigenvalue weighted by Gasteiger charge is -2.33. The van der Waals surface area contributed by atoms with Gasteiger partial charge < -0.3 is 10.2 Å². The maximum absolute atomic E-state index is 4.63. The molecule has 1 N–H and O–H groups in total. The molecule has 0 aromatic heterocycles. The van der Waals surface area contributed by atoms with E-state index in [1.807, 2.05) is 11.8 Å². The Kier molecular flexibility index (Phi) is 4.69. The van der Waals surface area contributed by atoms with Crippen LogP contribution >= 0.6 is 11.8 Å². The zero-order chi connectivity index (χ0) is 13.1. The molecule has 2 heterocycles. The summed E-state index contributed by atoms with van der Waals surface area (Å²) in [6.07, 6.45) is 8.33. The van der Waals surface area contributed by atoms with Crippen molar-refractivity contribution >= 4 is 16.9 Å². The minimum absolute atomic E-state index is 0.796. The fourth-order valence-electron chi connectivity index (χ4n) is 3.17. The number of nitrogens with one attached hydrogen (secondary N) is 1. The summed E-state index contributed by atoms with van der Waals surface area (Å²) in [6.45, 7) is 7.08. The molecule has 108 valence electrons. The molecule has 3 rings (SSSR count). The summed E-state index contributed by atoms with van der Waals surface area (Å²) >= 11 is 1.99. The molecule has 3 nitrogen and oxygen atoms in total. The summed E-state index contributed by atoms with van der Waals surface area (Å²) in [5, 5.41) is 5.54. The largest absolute Gasteiger partial charge is 0.365 e. The van der Waals surface area contributed by atoms with Crippen molar-refractivity contribution in [2.75, 3.05) is 26.2 Å². The van der Waals surface area contributed by atoms with Crippen LogP contribution in [-0.4, -0.2) is 47.5 Å². The van der Waals surface area contributed by atoms with E-state index in [1.165, 1.54) is 56.8 Å². The van der Waals surface area contributed by atoms with Crippen molar-refractivity contribution in [3.05, 3.63) is 0 Å². The van der Waals surface area contributed by atoms with Crippen LogP contribution in [0.25, 0.3) is 0 Å². The van der Waals surface area contributed by atoms with E-state index in [2.05, 4.69) is 22.1 Å². The summed E-state index contributed by atoms with van der Waals surface area (Å²) in [4.78, 5) is 7.29. The molecule has 3 aliphatic rings. The predicted molar refractivity (Wildman–Crippen MR) is 83.9 cm³/mol. The highest BCUT2D eigenvalue weighted by molar-refractivity contribution is 8.14. The number of aliphatic imine (C=N–C) groups is 1. The van der Waals surface area contributed by atoms with E-state index >= 15 is 0 Å². The molecule has 1 saturated heterocycles. The molecule has 1 saturated carbocycles. The Morgan fingerprint density at radius 2 is 2.21 bits per heavy atom. The van der Waals surface area contributed by atoms with Gasteiger partial charge in [-0.1, -0.05) is 18.2 Å². The van der Waals surface area contributed by atoms with Crippen molar-refractivity contribution in [1.29, 1.82) is 0 Å². The zero-order valence-electron chi connectivity index (χ0n) is 12.1. The SMILES string of the molecule is CC1CCCCN1CCCNC1=NCC(C2CC2)S1. The van der Waals surface area contributed by atoms with Crippen LogP contribution < -0.4 is 5.32 Å². The van der Waals surface area contributed by atoms with Gasteiger partial charge in [-0.25, -0.2) is 0 Å². The van der Waals surface area contributed by atoms with Gasteiger partial charge in [0.2, 0.25) is 0 Å². The van der Waals surface area contributed by atoms with E-state index < -0.39 is 0 Å². The Hall–Kier alpha value is -0.220. The van der Waals surface area contributed by atoms with Gasteiger partial charge in [-0.3, -0.25) is 4.99 Å². The highest BCUT2D eigenvalue weighted by Gasteiger charge is 2.35. The second kappa shape index (κ2) is 6.49. The number of hydrogen-bond acceptors (Lipinski definition) is 4. The van der Waals surface area contributed by atoms with E-state index in [0.717, 1.165) is 30.3 Å². The lowest BCUT2D eigenvalue weighted by atomic mass is 10.0. The lowest BCUT2D eigenvalue weighted by Crippen LogP contribution is -2.39. The molecule has 2 fully saturated rings. The molecular formula is C15H27N3S. The van der Waals surface area contributed by atoms with E-state index in [1.54, 1.807) is 0 Å². The van der Waals surface area contributed by atoms with Crippen LogP contribution in [0.1, 0.15) is 45.4 Å². The van der Waals surface area contributed by atoms with Crippen LogP contribution in [0.15, 0.2) is 4.99 Å². The van der Waals surface area contributed by atoms with E-state index in [4.69, 9.17) is 0 Å². The van der Waals surface area contributed by atoms with Crippen LogP contribution in [0.5, 0.6) is 0 Å². The van der Waals surface area contributed by atoms with Gasteiger partial charge in [0.05, 0.1) is 6.54 Å². The quantitative estimate of drug-likeness (QED) is 0.785. The second-order valence-corrected chi connectivity index (χ2v) is 7.53. The smallest absolute Gasteiger partial charge is 0.156 e. The van der Waals surface area contributed by atoms with Crippen molar-refractivity contribution < 1.29 is 0 Å². The maximum Gasteiger partial charge on any atom is 0.156 e.